The van der Waals surface area contributed by atoms with E-state index in [0.717, 1.165) is 15.8 Å². The second-order valence-electron chi connectivity index (χ2n) is 6.38. The van der Waals surface area contributed by atoms with Gasteiger partial charge in [0, 0.05) is 18.9 Å². The van der Waals surface area contributed by atoms with E-state index in [-0.39, 0.29) is 12.5 Å². The molecule has 4 aromatic rings. The summed E-state index contributed by atoms with van der Waals surface area (Å²) in [6.45, 7) is 3.00. The molecule has 4 rings (SSSR count). The first-order chi connectivity index (χ1) is 13.7. The zero-order chi connectivity index (χ0) is 19.3. The second-order valence-corrected chi connectivity index (χ2v) is 7.39. The summed E-state index contributed by atoms with van der Waals surface area (Å²) in [6, 6.07) is 17.4. The van der Waals surface area contributed by atoms with E-state index in [1.807, 2.05) is 67.7 Å². The minimum atomic E-state index is -0.132. The Morgan fingerprint density at radius 1 is 1.18 bits per heavy atom. The van der Waals surface area contributed by atoms with E-state index >= 15 is 0 Å². The molecule has 0 bridgehead atoms. The quantitative estimate of drug-likeness (QED) is 0.478. The summed E-state index contributed by atoms with van der Waals surface area (Å²) in [5.74, 6) is 0.553. The second kappa shape index (κ2) is 8.22. The molecule has 2 aromatic carbocycles. The first-order valence-electron chi connectivity index (χ1n) is 9.02. The Morgan fingerprint density at radius 3 is 2.86 bits per heavy atom. The van der Waals surface area contributed by atoms with Crippen molar-refractivity contribution >= 4 is 32.6 Å². The van der Waals surface area contributed by atoms with Gasteiger partial charge in [0.15, 0.2) is 11.7 Å². The molecule has 0 unspecified atom stereocenters. The van der Waals surface area contributed by atoms with Crippen molar-refractivity contribution in [1.82, 2.24) is 14.8 Å². The number of anilines is 1. The number of thiazole rings is 1. The monoisotopic (exact) mass is 392 g/mol. The van der Waals surface area contributed by atoms with E-state index in [1.165, 1.54) is 11.3 Å². The number of nitrogens with zero attached hydrogens (tertiary/aromatic N) is 4. The number of amides is 1. The van der Waals surface area contributed by atoms with Gasteiger partial charge in [-0.1, -0.05) is 35.6 Å². The van der Waals surface area contributed by atoms with E-state index < -0.39 is 0 Å². The van der Waals surface area contributed by atoms with Gasteiger partial charge >= 0.3 is 0 Å². The molecule has 1 amide bonds. The van der Waals surface area contributed by atoms with Crippen molar-refractivity contribution in [1.29, 1.82) is 0 Å². The Bertz CT molecular complexity index is 1040. The van der Waals surface area contributed by atoms with Crippen LogP contribution in [0.3, 0.4) is 0 Å². The number of benzene rings is 2. The van der Waals surface area contributed by atoms with Gasteiger partial charge in [-0.05, 0) is 42.8 Å². The van der Waals surface area contributed by atoms with Gasteiger partial charge in [0.05, 0.1) is 16.8 Å². The summed E-state index contributed by atoms with van der Waals surface area (Å²) in [5, 5.41) is 4.89. The fraction of sp³-hybridized carbons (Fsp3) is 0.190. The molecule has 2 heterocycles. The predicted molar refractivity (Wildman–Crippen MR) is 111 cm³/mol. The van der Waals surface area contributed by atoms with Gasteiger partial charge in [0.1, 0.15) is 5.75 Å². The average Bonchev–Trinajstić information content (AvgIpc) is 3.36. The lowest BCUT2D eigenvalue weighted by Crippen LogP contribution is -2.37. The van der Waals surface area contributed by atoms with Crippen LogP contribution in [0.1, 0.15) is 5.56 Å². The molecular weight excluding hydrogens is 372 g/mol. The molecule has 0 atom stereocenters. The van der Waals surface area contributed by atoms with Crippen molar-refractivity contribution in [2.75, 3.05) is 18.1 Å². The lowest BCUT2D eigenvalue weighted by molar-refractivity contribution is -0.120. The number of hydrogen-bond acceptors (Lipinski definition) is 5. The molecule has 0 saturated heterocycles. The molecule has 0 aliphatic heterocycles. The molecule has 142 valence electrons. The lowest BCUT2D eigenvalue weighted by atomic mass is 10.2. The van der Waals surface area contributed by atoms with Crippen molar-refractivity contribution < 1.29 is 9.53 Å². The summed E-state index contributed by atoms with van der Waals surface area (Å²) in [4.78, 5) is 19.3. The number of ether oxygens (including phenoxy) is 1. The normalized spacial score (nSPS) is 10.9. The maximum Gasteiger partial charge on any atom is 0.266 e. The van der Waals surface area contributed by atoms with Gasteiger partial charge in [0.2, 0.25) is 0 Å². The zero-order valence-corrected chi connectivity index (χ0v) is 16.3. The van der Waals surface area contributed by atoms with Crippen molar-refractivity contribution in [2.24, 2.45) is 0 Å². The number of carbonyl (C=O) groups is 1. The van der Waals surface area contributed by atoms with Crippen LogP contribution >= 0.6 is 11.3 Å². The highest BCUT2D eigenvalue weighted by molar-refractivity contribution is 7.22. The van der Waals surface area contributed by atoms with Crippen LogP contribution in [0.5, 0.6) is 5.75 Å². The van der Waals surface area contributed by atoms with Gasteiger partial charge < -0.3 is 4.74 Å². The van der Waals surface area contributed by atoms with E-state index in [9.17, 15) is 4.79 Å². The van der Waals surface area contributed by atoms with Gasteiger partial charge in [-0.3, -0.25) is 14.4 Å². The Labute approximate surface area is 167 Å². The largest absolute Gasteiger partial charge is 0.484 e. The molecule has 0 spiro atoms. The summed E-state index contributed by atoms with van der Waals surface area (Å²) in [6.07, 6.45) is 3.61. The first kappa shape index (κ1) is 18.2. The van der Waals surface area contributed by atoms with Crippen LogP contribution in [0, 0.1) is 6.92 Å². The molecule has 28 heavy (non-hydrogen) atoms. The Morgan fingerprint density at radius 2 is 2.07 bits per heavy atom. The highest BCUT2D eigenvalue weighted by atomic mass is 32.1. The molecule has 0 aliphatic carbocycles. The minimum Gasteiger partial charge on any atom is -0.484 e. The Kier molecular flexibility index (Phi) is 5.34. The SMILES string of the molecule is Cc1cccc(OCC(=O)N(CCn2cccn2)c2nc3ccccc3s2)c1. The number of aromatic nitrogens is 3. The third-order valence-electron chi connectivity index (χ3n) is 4.28. The zero-order valence-electron chi connectivity index (χ0n) is 15.5. The number of carbonyl (C=O) groups excluding carboxylic acids is 1. The van der Waals surface area contributed by atoms with Crippen LogP contribution in [-0.4, -0.2) is 33.8 Å². The van der Waals surface area contributed by atoms with Gasteiger partial charge in [-0.25, -0.2) is 4.98 Å². The highest BCUT2D eigenvalue weighted by Gasteiger charge is 2.20. The maximum absolute atomic E-state index is 13.0. The van der Waals surface area contributed by atoms with Crippen LogP contribution < -0.4 is 9.64 Å². The topological polar surface area (TPSA) is 60.2 Å². The van der Waals surface area contributed by atoms with Gasteiger partial charge in [-0.15, -0.1) is 0 Å². The van der Waals surface area contributed by atoms with E-state index in [4.69, 9.17) is 4.74 Å². The van der Waals surface area contributed by atoms with E-state index in [1.54, 1.807) is 15.8 Å². The summed E-state index contributed by atoms with van der Waals surface area (Å²) >= 11 is 1.50. The molecule has 2 aromatic heterocycles. The number of para-hydroxylation sites is 1. The van der Waals surface area contributed by atoms with Gasteiger partial charge in [-0.2, -0.15) is 5.10 Å². The van der Waals surface area contributed by atoms with Crippen LogP contribution in [0.2, 0.25) is 0 Å². The van der Waals surface area contributed by atoms with Crippen LogP contribution in [-0.2, 0) is 11.3 Å². The molecule has 6 nitrogen and oxygen atoms in total. The molecule has 0 radical (unpaired) electrons. The van der Waals surface area contributed by atoms with Crippen molar-refractivity contribution in [3.05, 3.63) is 72.6 Å². The smallest absolute Gasteiger partial charge is 0.266 e. The Hall–Kier alpha value is -3.19. The van der Waals surface area contributed by atoms with E-state index in [2.05, 4.69) is 10.1 Å². The predicted octanol–water partition coefficient (Wildman–Crippen LogP) is 3.91. The number of hydrogen-bond donors (Lipinski definition) is 0. The van der Waals surface area contributed by atoms with Crippen LogP contribution in [0.25, 0.3) is 10.2 Å². The van der Waals surface area contributed by atoms with Gasteiger partial charge in [0.25, 0.3) is 5.91 Å². The molecule has 0 saturated carbocycles. The van der Waals surface area contributed by atoms with Crippen LogP contribution in [0.15, 0.2) is 67.0 Å². The number of rotatable bonds is 7. The lowest BCUT2D eigenvalue weighted by Gasteiger charge is -2.20. The summed E-state index contributed by atoms with van der Waals surface area (Å²) in [7, 11) is 0. The average molecular weight is 392 g/mol. The van der Waals surface area contributed by atoms with E-state index in [0.29, 0.717) is 24.0 Å². The number of aryl methyl sites for hydroxylation is 1. The molecule has 0 aliphatic rings. The van der Waals surface area contributed by atoms with Crippen LogP contribution in [0.4, 0.5) is 5.13 Å². The molecular formula is C21H20N4O2S. The fourth-order valence-electron chi connectivity index (χ4n) is 2.87. The third kappa shape index (κ3) is 4.20. The molecule has 0 fully saturated rings. The van der Waals surface area contributed by atoms with Crippen molar-refractivity contribution in [3.63, 3.8) is 0 Å². The minimum absolute atomic E-state index is 0.0432. The summed E-state index contributed by atoms with van der Waals surface area (Å²) in [5.41, 5.74) is 1.98. The standard InChI is InChI=1S/C21H20N4O2S/c1-16-6-4-7-17(14-16)27-15-20(26)25(13-12-24-11-5-10-22-24)21-23-18-8-2-3-9-19(18)28-21/h2-11,14H,12-13,15H2,1H3. The van der Waals surface area contributed by atoms with Crippen molar-refractivity contribution in [2.45, 2.75) is 13.5 Å². The van der Waals surface area contributed by atoms with Crippen molar-refractivity contribution in [3.8, 4) is 5.75 Å². The first-order valence-corrected chi connectivity index (χ1v) is 9.83. The fourth-order valence-corrected chi connectivity index (χ4v) is 3.87. The summed E-state index contributed by atoms with van der Waals surface area (Å²) < 4.78 is 8.58. The molecule has 7 heteroatoms. The third-order valence-corrected chi connectivity index (χ3v) is 5.34. The Balaban J connectivity index is 1.53. The maximum atomic E-state index is 13.0. The molecule has 0 N–H and O–H groups in total. The highest BCUT2D eigenvalue weighted by Crippen LogP contribution is 2.28. The number of fused-ring (bicyclic) bond motifs is 1.